The van der Waals surface area contributed by atoms with Gasteiger partial charge in [-0.05, 0) is 45.8 Å². The number of likely N-dealkylation sites (tertiary alicyclic amines) is 1. The summed E-state index contributed by atoms with van der Waals surface area (Å²) in [5.41, 5.74) is 0. The smallest absolute Gasteiger partial charge is 0.0699 e. The van der Waals surface area contributed by atoms with Crippen LogP contribution in [0.3, 0.4) is 0 Å². The van der Waals surface area contributed by atoms with Crippen molar-refractivity contribution < 1.29 is 4.74 Å². The number of likely N-dealkylation sites (N-methyl/N-ethyl adjacent to an activating group) is 1. The third-order valence-corrected chi connectivity index (χ3v) is 3.71. The Bertz CT molecular complexity index is 187. The van der Waals surface area contributed by atoms with Crippen molar-refractivity contribution in [1.82, 2.24) is 10.2 Å². The summed E-state index contributed by atoms with van der Waals surface area (Å²) in [4.78, 5) is 2.47. The maximum atomic E-state index is 6.01. The molecule has 1 aliphatic heterocycles. The molecule has 1 rings (SSSR count). The van der Waals surface area contributed by atoms with Crippen molar-refractivity contribution in [3.63, 3.8) is 0 Å². The first-order chi connectivity index (χ1) is 8.27. The molecule has 0 saturated carbocycles. The summed E-state index contributed by atoms with van der Waals surface area (Å²) in [6, 6.07) is 0.761. The molecular weight excluding hydrogens is 212 g/mol. The van der Waals surface area contributed by atoms with Gasteiger partial charge in [0.05, 0.1) is 6.10 Å². The SMILES string of the molecule is CCCC(CNCC)OCCC1CCCN1C. The highest BCUT2D eigenvalue weighted by Crippen LogP contribution is 2.18. The zero-order valence-corrected chi connectivity index (χ0v) is 11.9. The van der Waals surface area contributed by atoms with E-state index in [1.54, 1.807) is 0 Å². The van der Waals surface area contributed by atoms with E-state index in [2.05, 4.69) is 31.1 Å². The molecule has 3 heteroatoms. The average molecular weight is 242 g/mol. The van der Waals surface area contributed by atoms with Crippen molar-refractivity contribution in [2.45, 2.75) is 58.1 Å². The molecule has 0 aromatic carbocycles. The summed E-state index contributed by atoms with van der Waals surface area (Å²) >= 11 is 0. The number of rotatable bonds is 9. The Morgan fingerprint density at radius 3 is 2.82 bits per heavy atom. The quantitative estimate of drug-likeness (QED) is 0.671. The van der Waals surface area contributed by atoms with Crippen LogP contribution in [0.25, 0.3) is 0 Å². The highest BCUT2D eigenvalue weighted by atomic mass is 16.5. The van der Waals surface area contributed by atoms with Crippen LogP contribution in [0.4, 0.5) is 0 Å². The van der Waals surface area contributed by atoms with Gasteiger partial charge in [-0.15, -0.1) is 0 Å². The molecule has 1 saturated heterocycles. The predicted molar refractivity (Wildman–Crippen MR) is 73.5 cm³/mol. The molecule has 0 aliphatic carbocycles. The van der Waals surface area contributed by atoms with E-state index in [4.69, 9.17) is 4.74 Å². The zero-order valence-electron chi connectivity index (χ0n) is 11.9. The van der Waals surface area contributed by atoms with E-state index in [1.807, 2.05) is 0 Å². The molecular formula is C14H30N2O. The van der Waals surface area contributed by atoms with E-state index in [9.17, 15) is 0 Å². The molecule has 0 radical (unpaired) electrons. The first-order valence-corrected chi connectivity index (χ1v) is 7.30. The molecule has 102 valence electrons. The molecule has 0 bridgehead atoms. The van der Waals surface area contributed by atoms with Crippen LogP contribution < -0.4 is 5.32 Å². The molecule has 2 unspecified atom stereocenters. The van der Waals surface area contributed by atoms with E-state index >= 15 is 0 Å². The number of hydrogen-bond acceptors (Lipinski definition) is 3. The second kappa shape index (κ2) is 8.90. The molecule has 17 heavy (non-hydrogen) atoms. The van der Waals surface area contributed by atoms with Crippen LogP contribution in [-0.4, -0.2) is 50.3 Å². The minimum absolute atomic E-state index is 0.409. The van der Waals surface area contributed by atoms with Crippen LogP contribution in [0.5, 0.6) is 0 Å². The lowest BCUT2D eigenvalue weighted by Crippen LogP contribution is -2.31. The van der Waals surface area contributed by atoms with E-state index in [1.165, 1.54) is 38.6 Å². The summed E-state index contributed by atoms with van der Waals surface area (Å²) in [6.45, 7) is 8.61. The third kappa shape index (κ3) is 5.84. The lowest BCUT2D eigenvalue weighted by Gasteiger charge is -2.22. The molecule has 0 aromatic rings. The molecule has 0 amide bonds. The van der Waals surface area contributed by atoms with Crippen molar-refractivity contribution in [2.75, 3.05) is 33.3 Å². The van der Waals surface area contributed by atoms with Gasteiger partial charge in [-0.25, -0.2) is 0 Å². The number of nitrogens with one attached hydrogen (secondary N) is 1. The van der Waals surface area contributed by atoms with Crippen molar-refractivity contribution in [2.24, 2.45) is 0 Å². The van der Waals surface area contributed by atoms with Gasteiger partial charge in [0.25, 0.3) is 0 Å². The molecule has 1 fully saturated rings. The highest BCUT2D eigenvalue weighted by molar-refractivity contribution is 4.76. The highest BCUT2D eigenvalue weighted by Gasteiger charge is 2.20. The van der Waals surface area contributed by atoms with Crippen LogP contribution >= 0.6 is 0 Å². The average Bonchev–Trinajstić information content (AvgIpc) is 2.72. The Labute approximate surface area is 107 Å². The van der Waals surface area contributed by atoms with Gasteiger partial charge >= 0.3 is 0 Å². The lowest BCUT2D eigenvalue weighted by molar-refractivity contribution is 0.0370. The first-order valence-electron chi connectivity index (χ1n) is 7.30. The van der Waals surface area contributed by atoms with Gasteiger partial charge in [-0.1, -0.05) is 20.3 Å². The molecule has 1 aliphatic rings. The molecule has 0 spiro atoms. The summed E-state index contributed by atoms with van der Waals surface area (Å²) in [5, 5.41) is 3.38. The summed E-state index contributed by atoms with van der Waals surface area (Å²) in [6.07, 6.45) is 6.70. The van der Waals surface area contributed by atoms with E-state index in [0.717, 1.165) is 25.7 Å². The van der Waals surface area contributed by atoms with Crippen molar-refractivity contribution in [1.29, 1.82) is 0 Å². The van der Waals surface area contributed by atoms with Gasteiger partial charge in [0.1, 0.15) is 0 Å². The molecule has 2 atom stereocenters. The third-order valence-electron chi connectivity index (χ3n) is 3.71. The maximum absolute atomic E-state index is 6.01. The van der Waals surface area contributed by atoms with Crippen molar-refractivity contribution >= 4 is 0 Å². The molecule has 1 heterocycles. The minimum Gasteiger partial charge on any atom is -0.377 e. The van der Waals surface area contributed by atoms with Crippen LogP contribution in [0.1, 0.15) is 46.0 Å². The van der Waals surface area contributed by atoms with Crippen molar-refractivity contribution in [3.8, 4) is 0 Å². The Hall–Kier alpha value is -0.120. The van der Waals surface area contributed by atoms with E-state index < -0.39 is 0 Å². The van der Waals surface area contributed by atoms with Crippen molar-refractivity contribution in [3.05, 3.63) is 0 Å². The number of ether oxygens (including phenoxy) is 1. The maximum Gasteiger partial charge on any atom is 0.0699 e. The molecule has 3 nitrogen and oxygen atoms in total. The van der Waals surface area contributed by atoms with Crippen LogP contribution in [-0.2, 0) is 4.74 Å². The second-order valence-electron chi connectivity index (χ2n) is 5.15. The summed E-state index contributed by atoms with van der Waals surface area (Å²) in [5.74, 6) is 0. The van der Waals surface area contributed by atoms with Gasteiger partial charge < -0.3 is 15.0 Å². The monoisotopic (exact) mass is 242 g/mol. The number of nitrogens with zero attached hydrogens (tertiary/aromatic N) is 1. The van der Waals surface area contributed by atoms with Gasteiger partial charge in [0.2, 0.25) is 0 Å². The Balaban J connectivity index is 2.12. The summed E-state index contributed by atoms with van der Waals surface area (Å²) in [7, 11) is 2.24. The first kappa shape index (κ1) is 14.9. The predicted octanol–water partition coefficient (Wildman–Crippen LogP) is 2.27. The molecule has 0 aromatic heterocycles. The fourth-order valence-corrected chi connectivity index (χ4v) is 2.59. The fraction of sp³-hybridized carbons (Fsp3) is 1.00. The topological polar surface area (TPSA) is 24.5 Å². The van der Waals surface area contributed by atoms with Gasteiger partial charge in [-0.3, -0.25) is 0 Å². The zero-order chi connectivity index (χ0) is 12.5. The van der Waals surface area contributed by atoms with Gasteiger partial charge in [0, 0.05) is 19.2 Å². The fourth-order valence-electron chi connectivity index (χ4n) is 2.59. The van der Waals surface area contributed by atoms with Crippen LogP contribution in [0.15, 0.2) is 0 Å². The van der Waals surface area contributed by atoms with Gasteiger partial charge in [-0.2, -0.15) is 0 Å². The lowest BCUT2D eigenvalue weighted by atomic mass is 10.1. The van der Waals surface area contributed by atoms with E-state index in [-0.39, 0.29) is 0 Å². The molecule has 1 N–H and O–H groups in total. The normalized spacial score (nSPS) is 23.1. The Kier molecular flexibility index (Phi) is 7.82. The second-order valence-corrected chi connectivity index (χ2v) is 5.15. The van der Waals surface area contributed by atoms with E-state index in [0.29, 0.717) is 6.10 Å². The minimum atomic E-state index is 0.409. The summed E-state index contributed by atoms with van der Waals surface area (Å²) < 4.78 is 6.01. The van der Waals surface area contributed by atoms with Crippen LogP contribution in [0.2, 0.25) is 0 Å². The number of hydrogen-bond donors (Lipinski definition) is 1. The van der Waals surface area contributed by atoms with Gasteiger partial charge in [0.15, 0.2) is 0 Å². The largest absolute Gasteiger partial charge is 0.377 e. The Morgan fingerprint density at radius 2 is 2.24 bits per heavy atom. The Morgan fingerprint density at radius 1 is 1.41 bits per heavy atom. The van der Waals surface area contributed by atoms with Crippen LogP contribution in [0, 0.1) is 0 Å². The standard InChI is InChI=1S/C14H30N2O/c1-4-7-14(12-15-5-2)17-11-9-13-8-6-10-16(13)3/h13-15H,4-12H2,1-3H3.